The molecule has 2 aliphatic rings. The predicted octanol–water partition coefficient (Wildman–Crippen LogP) is 2.93. The van der Waals surface area contributed by atoms with Crippen LogP contribution in [0.5, 0.6) is 5.75 Å². The first kappa shape index (κ1) is 19.8. The van der Waals surface area contributed by atoms with Gasteiger partial charge in [0.05, 0.1) is 32.1 Å². The van der Waals surface area contributed by atoms with E-state index in [0.29, 0.717) is 12.0 Å². The molecular formula is C22H27FN6O2. The maximum atomic E-state index is 13.2. The average Bonchev–Trinajstić information content (AvgIpc) is 3.21. The van der Waals surface area contributed by atoms with Gasteiger partial charge >= 0.3 is 0 Å². The van der Waals surface area contributed by atoms with E-state index in [1.165, 1.54) is 12.1 Å². The van der Waals surface area contributed by atoms with E-state index in [0.717, 1.165) is 62.2 Å². The van der Waals surface area contributed by atoms with Crippen LogP contribution in [0.3, 0.4) is 0 Å². The Kier molecular flexibility index (Phi) is 5.44. The van der Waals surface area contributed by atoms with Gasteiger partial charge in [-0.1, -0.05) is 0 Å². The summed E-state index contributed by atoms with van der Waals surface area (Å²) in [5, 5.41) is 7.70. The third-order valence-corrected chi connectivity index (χ3v) is 5.78. The van der Waals surface area contributed by atoms with Crippen molar-refractivity contribution in [3.63, 3.8) is 0 Å². The second-order valence-electron chi connectivity index (χ2n) is 7.75. The number of halogens is 1. The summed E-state index contributed by atoms with van der Waals surface area (Å²) >= 11 is 0. The first-order valence-corrected chi connectivity index (χ1v) is 10.4. The first-order valence-electron chi connectivity index (χ1n) is 10.4. The van der Waals surface area contributed by atoms with Gasteiger partial charge in [-0.25, -0.2) is 9.07 Å². The summed E-state index contributed by atoms with van der Waals surface area (Å²) in [6.07, 6.45) is 1.60. The SMILES string of the molecule is COc1cc(Nc2ncn(-c3ccc(F)cc3)n2)cc(N2CCN(C3COC3)CC2)c1.[HH]. The molecule has 9 heteroatoms. The predicted molar refractivity (Wildman–Crippen MR) is 118 cm³/mol. The van der Waals surface area contributed by atoms with Crippen LogP contribution in [0, 0.1) is 5.82 Å². The summed E-state index contributed by atoms with van der Waals surface area (Å²) in [4.78, 5) is 9.20. The van der Waals surface area contributed by atoms with Gasteiger partial charge in [-0.05, 0) is 30.3 Å². The molecule has 0 bridgehead atoms. The summed E-state index contributed by atoms with van der Waals surface area (Å²) in [5.41, 5.74) is 2.69. The van der Waals surface area contributed by atoms with Crippen LogP contribution in [0.25, 0.3) is 5.69 Å². The lowest BCUT2D eigenvalue weighted by Gasteiger charge is -2.43. The van der Waals surface area contributed by atoms with Crippen LogP contribution >= 0.6 is 0 Å². The number of nitrogens with zero attached hydrogens (tertiary/aromatic N) is 5. The van der Waals surface area contributed by atoms with Crippen LogP contribution < -0.4 is 15.0 Å². The number of benzene rings is 2. The molecule has 1 N–H and O–H groups in total. The number of anilines is 3. The Morgan fingerprint density at radius 3 is 2.52 bits per heavy atom. The maximum Gasteiger partial charge on any atom is 0.246 e. The van der Waals surface area contributed by atoms with Gasteiger partial charge in [-0.2, -0.15) is 4.98 Å². The zero-order valence-corrected chi connectivity index (χ0v) is 17.4. The van der Waals surface area contributed by atoms with Crippen LogP contribution in [-0.2, 0) is 4.74 Å². The van der Waals surface area contributed by atoms with Crippen molar-refractivity contribution < 1.29 is 15.3 Å². The molecule has 0 spiro atoms. The van der Waals surface area contributed by atoms with Gasteiger partial charge in [0.1, 0.15) is 17.9 Å². The Bertz CT molecular complexity index is 1040. The van der Waals surface area contributed by atoms with Crippen molar-refractivity contribution in [2.45, 2.75) is 6.04 Å². The number of piperazine rings is 1. The lowest BCUT2D eigenvalue weighted by molar-refractivity contribution is -0.0660. The van der Waals surface area contributed by atoms with Gasteiger partial charge in [0, 0.05) is 51.1 Å². The minimum Gasteiger partial charge on any atom is -0.497 e. The number of ether oxygens (including phenoxy) is 2. The molecule has 164 valence electrons. The Morgan fingerprint density at radius 2 is 1.84 bits per heavy atom. The standard InChI is InChI=1S/C22H25FN6O2.H2/c1-30-21-11-17(25-22-24-15-29(26-22)18-4-2-16(23)3-5-18)10-19(12-21)27-6-8-28(9-7-27)20-13-31-14-20;/h2-5,10-12,15,20H,6-9,13-14H2,1H3,(H,25,26);1H. The Balaban J connectivity index is 0.00000245. The third kappa shape index (κ3) is 4.33. The molecule has 0 aliphatic carbocycles. The van der Waals surface area contributed by atoms with Crippen molar-refractivity contribution in [2.24, 2.45) is 0 Å². The van der Waals surface area contributed by atoms with Crippen molar-refractivity contribution in [1.29, 1.82) is 0 Å². The molecule has 1 aromatic heterocycles. The Labute approximate surface area is 181 Å². The smallest absolute Gasteiger partial charge is 0.246 e. The Morgan fingerprint density at radius 1 is 1.06 bits per heavy atom. The van der Waals surface area contributed by atoms with Gasteiger partial charge in [-0.15, -0.1) is 5.10 Å². The molecule has 2 fully saturated rings. The van der Waals surface area contributed by atoms with E-state index in [9.17, 15) is 4.39 Å². The lowest BCUT2D eigenvalue weighted by Crippen LogP contribution is -2.56. The second-order valence-corrected chi connectivity index (χ2v) is 7.75. The summed E-state index contributed by atoms with van der Waals surface area (Å²) in [6, 6.07) is 12.8. The highest BCUT2D eigenvalue weighted by Crippen LogP contribution is 2.29. The normalized spacial score (nSPS) is 17.4. The van der Waals surface area contributed by atoms with Crippen LogP contribution in [0.4, 0.5) is 21.7 Å². The van der Waals surface area contributed by atoms with Crippen molar-refractivity contribution in [2.75, 3.05) is 56.7 Å². The molecule has 0 amide bonds. The third-order valence-electron chi connectivity index (χ3n) is 5.78. The molecule has 0 atom stereocenters. The van der Waals surface area contributed by atoms with E-state index in [4.69, 9.17) is 9.47 Å². The largest absolute Gasteiger partial charge is 0.497 e. The number of hydrogen-bond donors (Lipinski definition) is 1. The van der Waals surface area contributed by atoms with Gasteiger partial charge in [0.25, 0.3) is 0 Å². The van der Waals surface area contributed by atoms with Crippen molar-refractivity contribution >= 4 is 17.3 Å². The molecule has 2 saturated heterocycles. The van der Waals surface area contributed by atoms with E-state index in [2.05, 4.69) is 37.3 Å². The molecule has 0 unspecified atom stereocenters. The summed E-state index contributed by atoms with van der Waals surface area (Å²) in [5.74, 6) is 0.944. The van der Waals surface area contributed by atoms with Crippen molar-refractivity contribution in [3.8, 4) is 11.4 Å². The number of aromatic nitrogens is 3. The molecule has 0 radical (unpaired) electrons. The molecule has 3 aromatic rings. The monoisotopic (exact) mass is 426 g/mol. The number of hydrogen-bond acceptors (Lipinski definition) is 7. The summed E-state index contributed by atoms with van der Waals surface area (Å²) in [7, 11) is 1.67. The molecule has 0 saturated carbocycles. The highest BCUT2D eigenvalue weighted by molar-refractivity contribution is 5.65. The maximum absolute atomic E-state index is 13.2. The number of rotatable bonds is 6. The van der Waals surface area contributed by atoms with E-state index in [-0.39, 0.29) is 7.24 Å². The minimum atomic E-state index is -0.284. The quantitative estimate of drug-likeness (QED) is 0.650. The Hall–Kier alpha value is -3.17. The van der Waals surface area contributed by atoms with Crippen molar-refractivity contribution in [1.82, 2.24) is 19.7 Å². The number of methoxy groups -OCH3 is 1. The van der Waals surface area contributed by atoms with Gasteiger partial charge in [-0.3, -0.25) is 4.90 Å². The molecular weight excluding hydrogens is 399 g/mol. The van der Waals surface area contributed by atoms with Gasteiger partial charge < -0.3 is 19.7 Å². The lowest BCUT2D eigenvalue weighted by atomic mass is 10.1. The molecule has 3 heterocycles. The first-order chi connectivity index (χ1) is 15.2. The number of nitrogens with one attached hydrogen (secondary N) is 1. The van der Waals surface area contributed by atoms with E-state index >= 15 is 0 Å². The van der Waals surface area contributed by atoms with Crippen LogP contribution in [-0.4, -0.2) is 72.2 Å². The highest BCUT2D eigenvalue weighted by atomic mass is 19.1. The van der Waals surface area contributed by atoms with E-state index < -0.39 is 0 Å². The fourth-order valence-electron chi connectivity index (χ4n) is 3.90. The average molecular weight is 426 g/mol. The van der Waals surface area contributed by atoms with E-state index in [1.54, 1.807) is 30.3 Å². The zero-order chi connectivity index (χ0) is 21.2. The topological polar surface area (TPSA) is 67.7 Å². The van der Waals surface area contributed by atoms with E-state index in [1.807, 2.05) is 6.07 Å². The summed E-state index contributed by atoms with van der Waals surface area (Å²) in [6.45, 7) is 5.67. The minimum absolute atomic E-state index is 0. The van der Waals surface area contributed by atoms with Gasteiger partial charge in [0.2, 0.25) is 5.95 Å². The fraction of sp³-hybridized carbons (Fsp3) is 0.364. The zero-order valence-electron chi connectivity index (χ0n) is 17.4. The molecule has 31 heavy (non-hydrogen) atoms. The van der Waals surface area contributed by atoms with Crippen LogP contribution in [0.15, 0.2) is 48.8 Å². The van der Waals surface area contributed by atoms with Crippen LogP contribution in [0.1, 0.15) is 1.43 Å². The van der Waals surface area contributed by atoms with Gasteiger partial charge in [0.15, 0.2) is 0 Å². The molecule has 2 aliphatic heterocycles. The van der Waals surface area contributed by atoms with Crippen molar-refractivity contribution in [3.05, 3.63) is 54.6 Å². The fourth-order valence-corrected chi connectivity index (χ4v) is 3.90. The molecule has 2 aromatic carbocycles. The highest BCUT2D eigenvalue weighted by Gasteiger charge is 2.29. The van der Waals surface area contributed by atoms with Crippen LogP contribution in [0.2, 0.25) is 0 Å². The second kappa shape index (κ2) is 8.52. The molecule has 5 rings (SSSR count). The summed E-state index contributed by atoms with van der Waals surface area (Å²) < 4.78 is 25.6. The molecule has 8 nitrogen and oxygen atoms in total.